The van der Waals surface area contributed by atoms with Crippen molar-refractivity contribution in [2.24, 2.45) is 31.7 Å². The van der Waals surface area contributed by atoms with E-state index >= 15 is 0 Å². The Morgan fingerprint density at radius 2 is 0.839 bits per heavy atom. The number of nitrogens with two attached hydrogens (primary N) is 4. The maximum absolute atomic E-state index is 6.16. The number of halogens is 3. The fourth-order valence-electron chi connectivity index (χ4n) is 2.00. The highest BCUT2D eigenvalue weighted by Crippen LogP contribution is 2.22. The Bertz CT molecular complexity index is 830. The lowest BCUT2D eigenvalue weighted by molar-refractivity contribution is 0.560. The van der Waals surface area contributed by atoms with Crippen molar-refractivity contribution in [3.05, 3.63) is 48.5 Å². The van der Waals surface area contributed by atoms with Gasteiger partial charge < -0.3 is 22.9 Å². The normalized spacial score (nSPS) is 12.5. The van der Waals surface area contributed by atoms with E-state index < -0.39 is 11.1 Å². The lowest BCUT2D eigenvalue weighted by atomic mass is 10.0. The van der Waals surface area contributed by atoms with Crippen molar-refractivity contribution in [2.45, 2.75) is 38.8 Å². The quantitative estimate of drug-likeness (QED) is 0.199. The first-order valence-corrected chi connectivity index (χ1v) is 8.84. The van der Waals surface area contributed by atoms with Gasteiger partial charge in [-0.1, -0.05) is 0 Å². The van der Waals surface area contributed by atoms with E-state index in [4.69, 9.17) is 22.9 Å². The number of azo groups is 1. The van der Waals surface area contributed by atoms with Gasteiger partial charge in [-0.05, 0) is 76.2 Å². The Kier molecular flexibility index (Phi) is 12.2. The molecule has 8 nitrogen and oxygen atoms in total. The fourth-order valence-corrected chi connectivity index (χ4v) is 2.00. The van der Waals surface area contributed by atoms with Crippen LogP contribution in [0.3, 0.4) is 0 Å². The second-order valence-corrected chi connectivity index (χ2v) is 7.50. The molecular weight excluding hydrogens is 459 g/mol. The lowest BCUT2D eigenvalue weighted by Crippen LogP contribution is -2.39. The number of nitrogens with zero attached hydrogens (tertiary/aromatic N) is 4. The van der Waals surface area contributed by atoms with Gasteiger partial charge >= 0.3 is 0 Å². The van der Waals surface area contributed by atoms with Gasteiger partial charge in [-0.2, -0.15) is 10.2 Å². The van der Waals surface area contributed by atoms with Crippen LogP contribution in [0, 0.1) is 0 Å². The van der Waals surface area contributed by atoms with Gasteiger partial charge in [0.15, 0.2) is 0 Å². The van der Waals surface area contributed by atoms with E-state index in [-0.39, 0.29) is 37.2 Å². The van der Waals surface area contributed by atoms with Crippen LogP contribution >= 0.6 is 37.2 Å². The summed E-state index contributed by atoms with van der Waals surface area (Å²) in [6.07, 6.45) is 0. The molecule has 0 unspecified atom stereocenters. The van der Waals surface area contributed by atoms with E-state index in [1.807, 2.05) is 27.7 Å². The second kappa shape index (κ2) is 12.3. The number of hydrogen-bond donors (Lipinski definition) is 4. The van der Waals surface area contributed by atoms with Crippen LogP contribution < -0.4 is 22.9 Å². The molecule has 2 aromatic carbocycles. The van der Waals surface area contributed by atoms with E-state index in [1.165, 1.54) is 0 Å². The first-order valence-electron chi connectivity index (χ1n) is 8.84. The number of anilines is 2. The molecule has 0 aliphatic carbocycles. The minimum atomic E-state index is -0.819. The third-order valence-electron chi connectivity index (χ3n) is 4.09. The van der Waals surface area contributed by atoms with Crippen LogP contribution in [0.25, 0.3) is 0 Å². The van der Waals surface area contributed by atoms with Gasteiger partial charge in [0, 0.05) is 11.4 Å². The van der Waals surface area contributed by atoms with Crippen LogP contribution in [0.4, 0.5) is 22.7 Å². The third-order valence-corrected chi connectivity index (χ3v) is 4.09. The Labute approximate surface area is 201 Å². The zero-order valence-electron chi connectivity index (χ0n) is 17.9. The maximum Gasteiger partial charge on any atom is 0.133 e. The van der Waals surface area contributed by atoms with E-state index in [2.05, 4.69) is 20.2 Å². The fraction of sp³-hybridized carbons (Fsp3) is 0.300. The van der Waals surface area contributed by atoms with Gasteiger partial charge in [-0.25, -0.2) is 9.98 Å². The van der Waals surface area contributed by atoms with Crippen LogP contribution in [0.2, 0.25) is 0 Å². The molecule has 0 saturated heterocycles. The molecule has 0 amide bonds. The van der Waals surface area contributed by atoms with Crippen molar-refractivity contribution in [1.82, 2.24) is 0 Å². The minimum absolute atomic E-state index is 0. The second-order valence-electron chi connectivity index (χ2n) is 7.50. The molecule has 0 bridgehead atoms. The van der Waals surface area contributed by atoms with E-state index in [0.29, 0.717) is 34.4 Å². The molecule has 0 fully saturated rings. The largest absolute Gasteiger partial charge is 0.399 e. The number of rotatable bonds is 6. The SMILES string of the molecule is CC(C)(N=NC(C)(C)C(N)=Nc1ccc(N)cc1)C(N)=Nc1ccc(N)cc1.Cl.Cl.Cl. The molecule has 2 rings (SSSR count). The Hall–Kier alpha value is -2.55. The van der Waals surface area contributed by atoms with Gasteiger partial charge in [-0.15, -0.1) is 37.2 Å². The van der Waals surface area contributed by atoms with Crippen molar-refractivity contribution in [1.29, 1.82) is 0 Å². The number of hydrogen-bond acceptors (Lipinski definition) is 6. The predicted molar refractivity (Wildman–Crippen MR) is 139 cm³/mol. The predicted octanol–water partition coefficient (Wildman–Crippen LogP) is 4.80. The molecule has 0 saturated carbocycles. The lowest BCUT2D eigenvalue weighted by Gasteiger charge is -2.22. The summed E-state index contributed by atoms with van der Waals surface area (Å²) in [7, 11) is 0. The highest BCUT2D eigenvalue weighted by atomic mass is 35.5. The van der Waals surface area contributed by atoms with Gasteiger partial charge in [0.1, 0.15) is 22.7 Å². The summed E-state index contributed by atoms with van der Waals surface area (Å²) in [4.78, 5) is 8.81. The van der Waals surface area contributed by atoms with Gasteiger partial charge in [0.2, 0.25) is 0 Å². The molecule has 11 heteroatoms. The molecule has 0 radical (unpaired) electrons. The summed E-state index contributed by atoms with van der Waals surface area (Å²) in [5.41, 5.74) is 24.8. The molecule has 31 heavy (non-hydrogen) atoms. The van der Waals surface area contributed by atoms with Gasteiger partial charge in [0.25, 0.3) is 0 Å². The molecule has 0 spiro atoms. The van der Waals surface area contributed by atoms with Crippen molar-refractivity contribution >= 4 is 71.6 Å². The molecule has 2 aromatic rings. The minimum Gasteiger partial charge on any atom is -0.399 e. The van der Waals surface area contributed by atoms with Crippen LogP contribution in [0.1, 0.15) is 27.7 Å². The van der Waals surface area contributed by atoms with Crippen LogP contribution in [0.5, 0.6) is 0 Å². The molecule has 172 valence electrons. The third kappa shape index (κ3) is 9.00. The molecule has 0 aromatic heterocycles. The van der Waals surface area contributed by atoms with Crippen molar-refractivity contribution in [3.8, 4) is 0 Å². The standard InChI is InChI=1S/C20H28N8.3ClH/c1-19(2,17(23)25-15-9-5-13(21)6-10-15)27-28-20(3,4)18(24)26-16-11-7-14(22)8-12-16;;;/h5-12H,21-22H2,1-4H3,(H2,23,25)(H2,24,26);3*1H. The van der Waals surface area contributed by atoms with E-state index in [1.54, 1.807) is 48.5 Å². The smallest absolute Gasteiger partial charge is 0.133 e. The van der Waals surface area contributed by atoms with Crippen molar-refractivity contribution in [2.75, 3.05) is 11.5 Å². The first-order chi connectivity index (χ1) is 13.0. The molecule has 0 aliphatic rings. The van der Waals surface area contributed by atoms with E-state index in [9.17, 15) is 0 Å². The average Bonchev–Trinajstić information content (AvgIpc) is 2.64. The summed E-state index contributed by atoms with van der Waals surface area (Å²) in [5.74, 6) is 0.650. The Morgan fingerprint density at radius 3 is 1.10 bits per heavy atom. The zero-order chi connectivity index (χ0) is 20.9. The Balaban J connectivity index is 0. The summed E-state index contributed by atoms with van der Waals surface area (Å²) in [6, 6.07) is 14.2. The van der Waals surface area contributed by atoms with Crippen LogP contribution in [-0.4, -0.2) is 22.7 Å². The monoisotopic (exact) mass is 488 g/mol. The number of aliphatic imine (C=N–C) groups is 2. The molecular formula is C20H31Cl3N8. The Morgan fingerprint density at radius 1 is 0.581 bits per heavy atom. The van der Waals surface area contributed by atoms with Crippen LogP contribution in [0.15, 0.2) is 68.7 Å². The van der Waals surface area contributed by atoms with Crippen molar-refractivity contribution in [3.63, 3.8) is 0 Å². The van der Waals surface area contributed by atoms with E-state index in [0.717, 1.165) is 0 Å². The topological polar surface area (TPSA) is 154 Å². The summed E-state index contributed by atoms with van der Waals surface area (Å²) < 4.78 is 0. The summed E-state index contributed by atoms with van der Waals surface area (Å²) in [6.45, 7) is 7.32. The average molecular weight is 490 g/mol. The summed E-state index contributed by atoms with van der Waals surface area (Å²) in [5, 5.41) is 8.76. The maximum atomic E-state index is 6.16. The number of benzene rings is 2. The molecule has 0 atom stereocenters. The molecule has 0 aliphatic heterocycles. The van der Waals surface area contributed by atoms with Gasteiger partial charge in [-0.3, -0.25) is 0 Å². The zero-order valence-corrected chi connectivity index (χ0v) is 20.4. The molecule has 0 heterocycles. The van der Waals surface area contributed by atoms with Crippen molar-refractivity contribution < 1.29 is 0 Å². The highest BCUT2D eigenvalue weighted by molar-refractivity contribution is 5.92. The van der Waals surface area contributed by atoms with Gasteiger partial charge in [0.05, 0.1) is 11.4 Å². The van der Waals surface area contributed by atoms with Crippen LogP contribution in [-0.2, 0) is 0 Å². The molecule has 8 N–H and O–H groups in total. The first kappa shape index (κ1) is 30.6. The summed E-state index contributed by atoms with van der Waals surface area (Å²) >= 11 is 0. The highest BCUT2D eigenvalue weighted by Gasteiger charge is 2.27. The number of amidine groups is 2. The number of nitrogen functional groups attached to an aromatic ring is 2.